The van der Waals surface area contributed by atoms with Crippen molar-refractivity contribution in [3.05, 3.63) is 46.0 Å². The Hall–Kier alpha value is -2.63. The van der Waals surface area contributed by atoms with Crippen LogP contribution in [0.15, 0.2) is 30.3 Å². The van der Waals surface area contributed by atoms with Gasteiger partial charge < -0.3 is 10.4 Å². The lowest BCUT2D eigenvalue weighted by Gasteiger charge is -2.08. The van der Waals surface area contributed by atoms with E-state index in [4.69, 9.17) is 0 Å². The molecule has 0 heterocycles. The number of nitro benzene ring substituents is 1. The van der Waals surface area contributed by atoms with Crippen LogP contribution < -0.4 is 5.32 Å². The molecule has 1 amide bonds. The number of nitrogens with one attached hydrogen (secondary N) is 1. The standard InChI is InChI=1S/C14H14N2O4/c1-9(17)15-8-7-10-5-6-11-12(14(10)18)3-2-4-13(11)16(19)20/h2-6,18H,7-8H2,1H3,(H,15,17). The minimum atomic E-state index is -0.473. The Kier molecular flexibility index (Phi) is 3.84. The molecule has 0 saturated heterocycles. The Morgan fingerprint density at radius 2 is 2.05 bits per heavy atom. The molecule has 20 heavy (non-hydrogen) atoms. The number of aromatic hydroxyl groups is 1. The van der Waals surface area contributed by atoms with Gasteiger partial charge in [0.15, 0.2) is 0 Å². The lowest BCUT2D eigenvalue weighted by molar-refractivity contribution is -0.383. The minimum absolute atomic E-state index is 0.0246. The van der Waals surface area contributed by atoms with Gasteiger partial charge in [-0.2, -0.15) is 0 Å². The molecule has 2 aromatic carbocycles. The maximum atomic E-state index is 10.9. The van der Waals surface area contributed by atoms with Gasteiger partial charge in [-0.3, -0.25) is 14.9 Å². The van der Waals surface area contributed by atoms with Gasteiger partial charge in [-0.15, -0.1) is 0 Å². The number of rotatable bonds is 4. The summed E-state index contributed by atoms with van der Waals surface area (Å²) in [6, 6.07) is 7.85. The molecule has 0 aliphatic rings. The topological polar surface area (TPSA) is 92.5 Å². The van der Waals surface area contributed by atoms with Crippen molar-refractivity contribution in [3.63, 3.8) is 0 Å². The number of non-ortho nitro benzene ring substituents is 1. The van der Waals surface area contributed by atoms with E-state index in [-0.39, 0.29) is 17.3 Å². The molecule has 0 fully saturated rings. The molecule has 0 bridgehead atoms. The molecular weight excluding hydrogens is 260 g/mol. The zero-order valence-corrected chi connectivity index (χ0v) is 10.9. The molecular formula is C14H14N2O4. The van der Waals surface area contributed by atoms with E-state index in [0.29, 0.717) is 29.3 Å². The molecule has 6 nitrogen and oxygen atoms in total. The van der Waals surface area contributed by atoms with Crippen LogP contribution in [0.2, 0.25) is 0 Å². The second-order valence-electron chi connectivity index (χ2n) is 4.44. The number of phenolic OH excluding ortho intramolecular Hbond substituents is 1. The summed E-state index contributed by atoms with van der Waals surface area (Å²) >= 11 is 0. The Bertz CT molecular complexity index is 682. The van der Waals surface area contributed by atoms with E-state index in [1.165, 1.54) is 19.1 Å². The van der Waals surface area contributed by atoms with Crippen LogP contribution in [0.25, 0.3) is 10.8 Å². The maximum absolute atomic E-state index is 10.9. The van der Waals surface area contributed by atoms with Gasteiger partial charge in [-0.25, -0.2) is 0 Å². The Labute approximate surface area is 115 Å². The lowest BCUT2D eigenvalue weighted by atomic mass is 10.0. The zero-order chi connectivity index (χ0) is 14.7. The van der Waals surface area contributed by atoms with Crippen molar-refractivity contribution in [2.75, 3.05) is 6.54 Å². The van der Waals surface area contributed by atoms with Crippen LogP contribution >= 0.6 is 0 Å². The Morgan fingerprint density at radius 1 is 1.30 bits per heavy atom. The van der Waals surface area contributed by atoms with Crippen molar-refractivity contribution < 1.29 is 14.8 Å². The summed E-state index contributed by atoms with van der Waals surface area (Å²) in [6.07, 6.45) is 0.462. The van der Waals surface area contributed by atoms with E-state index in [1.807, 2.05) is 0 Å². The molecule has 0 saturated carbocycles. The van der Waals surface area contributed by atoms with Crippen LogP contribution in [0.1, 0.15) is 12.5 Å². The first-order valence-corrected chi connectivity index (χ1v) is 6.13. The van der Waals surface area contributed by atoms with Crippen molar-refractivity contribution in [1.29, 1.82) is 0 Å². The van der Waals surface area contributed by atoms with Crippen LogP contribution in [0.4, 0.5) is 5.69 Å². The molecule has 0 radical (unpaired) electrons. The Balaban J connectivity index is 2.39. The van der Waals surface area contributed by atoms with E-state index in [0.717, 1.165) is 0 Å². The van der Waals surface area contributed by atoms with Crippen molar-refractivity contribution in [2.45, 2.75) is 13.3 Å². The first-order chi connectivity index (χ1) is 9.50. The number of fused-ring (bicyclic) bond motifs is 1. The average Bonchev–Trinajstić information content (AvgIpc) is 2.40. The van der Waals surface area contributed by atoms with Gasteiger partial charge in [0.2, 0.25) is 5.91 Å². The zero-order valence-electron chi connectivity index (χ0n) is 10.9. The van der Waals surface area contributed by atoms with Crippen molar-refractivity contribution in [2.24, 2.45) is 0 Å². The molecule has 2 aromatic rings. The molecule has 0 spiro atoms. The highest BCUT2D eigenvalue weighted by Crippen LogP contribution is 2.34. The van der Waals surface area contributed by atoms with Gasteiger partial charge >= 0.3 is 0 Å². The van der Waals surface area contributed by atoms with Crippen LogP contribution in [0, 0.1) is 10.1 Å². The number of phenols is 1. The van der Waals surface area contributed by atoms with Crippen LogP contribution in [-0.4, -0.2) is 22.5 Å². The lowest BCUT2D eigenvalue weighted by Crippen LogP contribution is -2.22. The molecule has 0 atom stereocenters. The van der Waals surface area contributed by atoms with Gasteiger partial charge in [0.05, 0.1) is 10.3 Å². The van der Waals surface area contributed by atoms with Gasteiger partial charge in [-0.05, 0) is 18.1 Å². The maximum Gasteiger partial charge on any atom is 0.277 e. The summed E-state index contributed by atoms with van der Waals surface area (Å²) in [7, 11) is 0. The van der Waals surface area contributed by atoms with E-state index in [1.54, 1.807) is 18.2 Å². The molecule has 0 aromatic heterocycles. The number of hydrogen-bond donors (Lipinski definition) is 2. The van der Waals surface area contributed by atoms with Crippen molar-refractivity contribution >= 4 is 22.4 Å². The van der Waals surface area contributed by atoms with E-state index in [9.17, 15) is 20.0 Å². The molecule has 6 heteroatoms. The van der Waals surface area contributed by atoms with E-state index < -0.39 is 4.92 Å². The quantitative estimate of drug-likeness (QED) is 0.659. The number of benzene rings is 2. The van der Waals surface area contributed by atoms with Crippen LogP contribution in [0.5, 0.6) is 5.75 Å². The number of carbonyl (C=O) groups excluding carboxylic acids is 1. The number of carbonyl (C=O) groups is 1. The highest BCUT2D eigenvalue weighted by Gasteiger charge is 2.15. The SMILES string of the molecule is CC(=O)NCCc1ccc2c([N+](=O)[O-])cccc2c1O. The number of nitrogens with zero attached hydrogens (tertiary/aromatic N) is 1. The largest absolute Gasteiger partial charge is 0.507 e. The van der Waals surface area contributed by atoms with Crippen LogP contribution in [-0.2, 0) is 11.2 Å². The summed E-state index contributed by atoms with van der Waals surface area (Å²) in [5, 5.41) is 24.6. The fourth-order valence-corrected chi connectivity index (χ4v) is 2.10. The minimum Gasteiger partial charge on any atom is -0.507 e. The van der Waals surface area contributed by atoms with Crippen LogP contribution in [0.3, 0.4) is 0 Å². The first kappa shape index (κ1) is 13.8. The third-order valence-electron chi connectivity index (χ3n) is 3.06. The normalized spacial score (nSPS) is 10.4. The smallest absolute Gasteiger partial charge is 0.277 e. The van der Waals surface area contributed by atoms with Gasteiger partial charge in [0, 0.05) is 24.9 Å². The fraction of sp³-hybridized carbons (Fsp3) is 0.214. The third kappa shape index (κ3) is 2.69. The van der Waals surface area contributed by atoms with Gasteiger partial charge in [-0.1, -0.05) is 18.2 Å². The summed E-state index contributed by atoms with van der Waals surface area (Å²) in [4.78, 5) is 21.3. The molecule has 0 aliphatic heterocycles. The fourth-order valence-electron chi connectivity index (χ4n) is 2.10. The average molecular weight is 274 g/mol. The molecule has 104 valence electrons. The summed E-state index contributed by atoms with van der Waals surface area (Å²) < 4.78 is 0. The predicted octanol–water partition coefficient (Wildman–Crippen LogP) is 2.13. The molecule has 0 unspecified atom stereocenters. The second-order valence-corrected chi connectivity index (χ2v) is 4.44. The van der Waals surface area contributed by atoms with Crippen molar-refractivity contribution in [3.8, 4) is 5.75 Å². The first-order valence-electron chi connectivity index (χ1n) is 6.13. The molecule has 2 N–H and O–H groups in total. The second kappa shape index (κ2) is 5.56. The predicted molar refractivity (Wildman–Crippen MR) is 74.7 cm³/mol. The monoisotopic (exact) mass is 274 g/mol. The van der Waals surface area contributed by atoms with E-state index >= 15 is 0 Å². The van der Waals surface area contributed by atoms with Crippen molar-refractivity contribution in [1.82, 2.24) is 5.32 Å². The molecule has 0 aliphatic carbocycles. The third-order valence-corrected chi connectivity index (χ3v) is 3.06. The number of amides is 1. The summed E-state index contributed by atoms with van der Waals surface area (Å²) in [6.45, 7) is 1.83. The summed E-state index contributed by atoms with van der Waals surface area (Å²) in [5.74, 6) is -0.113. The number of hydrogen-bond acceptors (Lipinski definition) is 4. The number of nitro groups is 1. The summed E-state index contributed by atoms with van der Waals surface area (Å²) in [5.41, 5.74) is 0.609. The van der Waals surface area contributed by atoms with Gasteiger partial charge in [0.1, 0.15) is 5.75 Å². The molecule has 2 rings (SSSR count). The highest BCUT2D eigenvalue weighted by molar-refractivity contribution is 5.95. The van der Waals surface area contributed by atoms with E-state index in [2.05, 4.69) is 5.32 Å². The Morgan fingerprint density at radius 3 is 2.70 bits per heavy atom. The van der Waals surface area contributed by atoms with Gasteiger partial charge in [0.25, 0.3) is 5.69 Å². The highest BCUT2D eigenvalue weighted by atomic mass is 16.6.